The average molecular weight is 329 g/mol. The SMILES string of the molecule is C=CCn1nnnc1SCC(=O)c1ccc2c(c1)CCN2C=O. The number of nitrogens with zero attached hydrogens (tertiary/aromatic N) is 5. The fraction of sp³-hybridized carbons (Fsp3) is 0.267. The lowest BCUT2D eigenvalue weighted by molar-refractivity contribution is -0.107. The first-order chi connectivity index (χ1) is 11.2. The monoisotopic (exact) mass is 329 g/mol. The largest absolute Gasteiger partial charge is 0.314 e. The van der Waals surface area contributed by atoms with Crippen molar-refractivity contribution in [2.24, 2.45) is 0 Å². The molecule has 23 heavy (non-hydrogen) atoms. The molecule has 1 aliphatic rings. The van der Waals surface area contributed by atoms with E-state index in [0.29, 0.717) is 23.8 Å². The van der Waals surface area contributed by atoms with Gasteiger partial charge in [0.1, 0.15) is 0 Å². The van der Waals surface area contributed by atoms with Gasteiger partial charge >= 0.3 is 0 Å². The maximum atomic E-state index is 12.4. The number of rotatable bonds is 7. The molecule has 1 amide bonds. The van der Waals surface area contributed by atoms with E-state index in [1.165, 1.54) is 11.8 Å². The second kappa shape index (κ2) is 6.74. The van der Waals surface area contributed by atoms with Crippen molar-refractivity contribution in [1.29, 1.82) is 0 Å². The topological polar surface area (TPSA) is 81.0 Å². The van der Waals surface area contributed by atoms with Crippen LogP contribution in [0.2, 0.25) is 0 Å². The molecule has 0 unspecified atom stereocenters. The number of hydrogen-bond donors (Lipinski definition) is 0. The van der Waals surface area contributed by atoms with Crippen LogP contribution in [-0.4, -0.2) is 44.7 Å². The van der Waals surface area contributed by atoms with Gasteiger partial charge in [0.15, 0.2) is 5.78 Å². The highest BCUT2D eigenvalue weighted by molar-refractivity contribution is 7.99. The van der Waals surface area contributed by atoms with Crippen LogP contribution in [0.1, 0.15) is 15.9 Å². The fourth-order valence-electron chi connectivity index (χ4n) is 2.46. The Bertz CT molecular complexity index is 758. The van der Waals surface area contributed by atoms with Gasteiger partial charge in [0, 0.05) is 17.8 Å². The van der Waals surface area contributed by atoms with Crippen molar-refractivity contribution < 1.29 is 9.59 Å². The van der Waals surface area contributed by atoms with Crippen LogP contribution in [-0.2, 0) is 17.8 Å². The number of benzene rings is 1. The smallest absolute Gasteiger partial charge is 0.214 e. The van der Waals surface area contributed by atoms with Gasteiger partial charge in [-0.1, -0.05) is 17.8 Å². The summed E-state index contributed by atoms with van der Waals surface area (Å²) in [7, 11) is 0. The second-order valence-corrected chi connectivity index (χ2v) is 5.98. The van der Waals surface area contributed by atoms with Gasteiger partial charge in [-0.15, -0.1) is 11.7 Å². The summed E-state index contributed by atoms with van der Waals surface area (Å²) >= 11 is 1.30. The number of aromatic nitrogens is 4. The molecule has 1 aromatic heterocycles. The third-order valence-electron chi connectivity index (χ3n) is 3.59. The zero-order valence-corrected chi connectivity index (χ0v) is 13.2. The van der Waals surface area contributed by atoms with E-state index in [4.69, 9.17) is 0 Å². The molecule has 0 atom stereocenters. The Morgan fingerprint density at radius 2 is 2.30 bits per heavy atom. The van der Waals surface area contributed by atoms with Gasteiger partial charge in [-0.05, 0) is 40.6 Å². The van der Waals surface area contributed by atoms with Crippen molar-refractivity contribution in [3.63, 3.8) is 0 Å². The number of amides is 1. The lowest BCUT2D eigenvalue weighted by atomic mass is 10.1. The number of thioether (sulfide) groups is 1. The molecule has 0 bridgehead atoms. The molecule has 0 fully saturated rings. The molecule has 0 N–H and O–H groups in total. The van der Waals surface area contributed by atoms with E-state index in [0.717, 1.165) is 24.1 Å². The van der Waals surface area contributed by atoms with E-state index in [2.05, 4.69) is 22.1 Å². The van der Waals surface area contributed by atoms with Crippen molar-refractivity contribution in [3.05, 3.63) is 42.0 Å². The Balaban J connectivity index is 1.68. The lowest BCUT2D eigenvalue weighted by Gasteiger charge is -2.10. The Hall–Kier alpha value is -2.48. The van der Waals surface area contributed by atoms with E-state index < -0.39 is 0 Å². The Morgan fingerprint density at radius 3 is 3.09 bits per heavy atom. The average Bonchev–Trinajstić information content (AvgIpc) is 3.18. The van der Waals surface area contributed by atoms with Crippen LogP contribution in [0.5, 0.6) is 0 Å². The molecule has 1 aliphatic heterocycles. The van der Waals surface area contributed by atoms with Crippen molar-refractivity contribution in [1.82, 2.24) is 20.2 Å². The Labute approximate surface area is 137 Å². The molecule has 8 heteroatoms. The molecule has 7 nitrogen and oxygen atoms in total. The first kappa shape index (κ1) is 15.4. The highest BCUT2D eigenvalue weighted by Gasteiger charge is 2.20. The van der Waals surface area contributed by atoms with Gasteiger partial charge in [0.25, 0.3) is 0 Å². The highest BCUT2D eigenvalue weighted by Crippen LogP contribution is 2.28. The number of anilines is 1. The van der Waals surface area contributed by atoms with Crippen LogP contribution >= 0.6 is 11.8 Å². The minimum absolute atomic E-state index is 0.00973. The van der Waals surface area contributed by atoms with E-state index >= 15 is 0 Å². The number of carbonyl (C=O) groups excluding carboxylic acids is 2. The van der Waals surface area contributed by atoms with Gasteiger partial charge in [-0.25, -0.2) is 4.68 Å². The second-order valence-electron chi connectivity index (χ2n) is 5.04. The fourth-order valence-corrected chi connectivity index (χ4v) is 3.24. The summed E-state index contributed by atoms with van der Waals surface area (Å²) in [4.78, 5) is 24.9. The quantitative estimate of drug-likeness (QED) is 0.330. The van der Waals surface area contributed by atoms with E-state index in [9.17, 15) is 9.59 Å². The van der Waals surface area contributed by atoms with Crippen LogP contribution in [0.15, 0.2) is 36.0 Å². The van der Waals surface area contributed by atoms with E-state index in [1.54, 1.807) is 21.7 Å². The molecule has 0 saturated carbocycles. The van der Waals surface area contributed by atoms with Gasteiger partial charge in [0.05, 0.1) is 12.3 Å². The molecular weight excluding hydrogens is 314 g/mol. The standard InChI is InChI=1S/C15H15N5O2S/c1-2-6-20-15(16-17-18-20)23-9-14(22)12-3-4-13-11(8-12)5-7-19(13)10-21/h2-4,8,10H,1,5-7,9H2. The third-order valence-corrected chi connectivity index (χ3v) is 4.55. The van der Waals surface area contributed by atoms with Gasteiger partial charge < -0.3 is 4.90 Å². The van der Waals surface area contributed by atoms with Gasteiger partial charge in [-0.3, -0.25) is 9.59 Å². The normalized spacial score (nSPS) is 13.0. The summed E-state index contributed by atoms with van der Waals surface area (Å²) in [6.07, 6.45) is 3.30. The van der Waals surface area contributed by atoms with Crippen molar-refractivity contribution in [2.75, 3.05) is 17.2 Å². The first-order valence-electron chi connectivity index (χ1n) is 7.11. The van der Waals surface area contributed by atoms with Crippen molar-refractivity contribution in [2.45, 2.75) is 18.1 Å². The number of carbonyl (C=O) groups is 2. The molecule has 3 rings (SSSR count). The molecule has 0 aliphatic carbocycles. The number of tetrazole rings is 1. The van der Waals surface area contributed by atoms with Crippen LogP contribution in [0.4, 0.5) is 5.69 Å². The van der Waals surface area contributed by atoms with Crippen LogP contribution in [0, 0.1) is 0 Å². The van der Waals surface area contributed by atoms with E-state index in [-0.39, 0.29) is 11.5 Å². The van der Waals surface area contributed by atoms with Crippen molar-refractivity contribution >= 4 is 29.6 Å². The van der Waals surface area contributed by atoms with E-state index in [1.807, 2.05) is 12.1 Å². The number of allylic oxidation sites excluding steroid dienone is 1. The molecule has 0 radical (unpaired) electrons. The molecule has 0 spiro atoms. The summed E-state index contributed by atoms with van der Waals surface area (Å²) in [5, 5.41) is 11.9. The minimum atomic E-state index is 0.00973. The molecule has 2 heterocycles. The summed E-state index contributed by atoms with van der Waals surface area (Å²) in [5.41, 5.74) is 2.57. The maximum Gasteiger partial charge on any atom is 0.214 e. The van der Waals surface area contributed by atoms with Crippen molar-refractivity contribution in [3.8, 4) is 0 Å². The van der Waals surface area contributed by atoms with Crippen LogP contribution in [0.25, 0.3) is 0 Å². The predicted octanol–water partition coefficient (Wildman–Crippen LogP) is 1.35. The number of hydrogen-bond acceptors (Lipinski definition) is 6. The van der Waals surface area contributed by atoms with Crippen LogP contribution in [0.3, 0.4) is 0 Å². The molecule has 118 valence electrons. The number of fused-ring (bicyclic) bond motifs is 1. The Kier molecular flexibility index (Phi) is 4.52. The van der Waals surface area contributed by atoms with Crippen LogP contribution < -0.4 is 4.90 Å². The first-order valence-corrected chi connectivity index (χ1v) is 8.09. The predicted molar refractivity (Wildman–Crippen MR) is 86.6 cm³/mol. The summed E-state index contributed by atoms with van der Waals surface area (Å²) in [6, 6.07) is 5.46. The van der Waals surface area contributed by atoms with Gasteiger partial charge in [-0.2, -0.15) is 0 Å². The lowest BCUT2D eigenvalue weighted by Crippen LogP contribution is -2.17. The third kappa shape index (κ3) is 3.16. The number of Topliss-reactive ketones (excluding diaryl/α,β-unsaturated/α-hetero) is 1. The maximum absolute atomic E-state index is 12.4. The summed E-state index contributed by atoms with van der Waals surface area (Å²) in [5.74, 6) is 0.267. The Morgan fingerprint density at radius 1 is 1.43 bits per heavy atom. The summed E-state index contributed by atoms with van der Waals surface area (Å²) < 4.78 is 1.59. The molecule has 0 saturated heterocycles. The number of ketones is 1. The molecular formula is C15H15N5O2S. The zero-order chi connectivity index (χ0) is 16.2. The van der Waals surface area contributed by atoms with Gasteiger partial charge in [0.2, 0.25) is 11.6 Å². The summed E-state index contributed by atoms with van der Waals surface area (Å²) in [6.45, 7) is 4.82. The minimum Gasteiger partial charge on any atom is -0.314 e. The highest BCUT2D eigenvalue weighted by atomic mass is 32.2. The molecule has 1 aromatic carbocycles. The zero-order valence-electron chi connectivity index (χ0n) is 12.4. The molecule has 2 aromatic rings.